The second-order valence-electron chi connectivity index (χ2n) is 15.2. The maximum Gasteiger partial charge on any atom is 0.329 e. The lowest BCUT2D eigenvalue weighted by molar-refractivity contribution is -0.163. The Kier molecular flexibility index (Phi) is 12.1. The maximum atomic E-state index is 14.7. The normalized spacial score (nSPS) is 28.4. The number of hydrogen-bond donors (Lipinski definition) is 4. The molecule has 0 aliphatic carbocycles. The molecule has 0 bridgehead atoms. The highest BCUT2D eigenvalue weighted by Crippen LogP contribution is 2.28. The van der Waals surface area contributed by atoms with Gasteiger partial charge < -0.3 is 35.4 Å². The van der Waals surface area contributed by atoms with Crippen molar-refractivity contribution in [3.63, 3.8) is 0 Å². The Morgan fingerprint density at radius 1 is 0.873 bits per heavy atom. The number of fused-ring (bicyclic) bond motifs is 3. The van der Waals surface area contributed by atoms with Gasteiger partial charge in [-0.2, -0.15) is 5.10 Å². The monoisotopic (exact) mass is 761 g/mol. The molecule has 296 valence electrons. The fourth-order valence-electron chi connectivity index (χ4n) is 8.07. The molecule has 4 aliphatic heterocycles. The van der Waals surface area contributed by atoms with Gasteiger partial charge in [0.1, 0.15) is 42.4 Å². The number of nitrogens with one attached hydrogen (secondary N) is 4. The van der Waals surface area contributed by atoms with Crippen LogP contribution in [0.1, 0.15) is 64.9 Å². The van der Waals surface area contributed by atoms with Gasteiger partial charge in [-0.05, 0) is 63.9 Å². The second-order valence-corrected chi connectivity index (χ2v) is 15.2. The highest BCUT2D eigenvalue weighted by atomic mass is 16.5. The number of nitrogens with zero attached hydrogens (tertiary/aromatic N) is 5. The summed E-state index contributed by atoms with van der Waals surface area (Å²) in [4.78, 5) is 102. The molecule has 4 N–H and O–H groups in total. The summed E-state index contributed by atoms with van der Waals surface area (Å²) in [7, 11) is 1.69. The Morgan fingerprint density at radius 3 is 2.31 bits per heavy atom. The van der Waals surface area contributed by atoms with Crippen LogP contribution in [0.3, 0.4) is 0 Å². The third-order valence-corrected chi connectivity index (χ3v) is 10.9. The van der Waals surface area contributed by atoms with E-state index >= 15 is 0 Å². The van der Waals surface area contributed by atoms with Gasteiger partial charge in [0.15, 0.2) is 5.82 Å². The van der Waals surface area contributed by atoms with Crippen LogP contribution in [0.5, 0.6) is 0 Å². The number of benzene rings is 1. The molecule has 55 heavy (non-hydrogen) atoms. The Hall–Kier alpha value is -5.48. The van der Waals surface area contributed by atoms with E-state index in [1.165, 1.54) is 26.3 Å². The Morgan fingerprint density at radius 2 is 1.58 bits per heavy atom. The fourth-order valence-corrected chi connectivity index (χ4v) is 8.07. The van der Waals surface area contributed by atoms with Crippen LogP contribution < -0.4 is 21.3 Å². The standard InChI is InChI=1S/C38H51N9O8/c1-22-19-29-37(53)55-24(3)31(42-32(48)26(20-25-11-6-5-7-12-25)40-38(54)41-30-15-18-44(4)43-30)36(52)46-17-10-14-28(46)35(51)45-16-9-8-13-27(45)33(49)39-23(2)34(50)47(29)21-22/h5-7,11-12,15,18,22-24,26-29,31H,8-10,13-14,16-17,19-21H2,1-4H3,(H,39,49)(H,42,48)(H2,40,41,43,54). The van der Waals surface area contributed by atoms with Crippen molar-refractivity contribution in [1.29, 1.82) is 0 Å². The van der Waals surface area contributed by atoms with Crippen LogP contribution in [0, 0.1) is 5.92 Å². The predicted molar refractivity (Wildman–Crippen MR) is 198 cm³/mol. The molecular weight excluding hydrogens is 710 g/mol. The minimum Gasteiger partial charge on any atom is -0.458 e. The van der Waals surface area contributed by atoms with Crippen LogP contribution in [0.4, 0.5) is 10.6 Å². The van der Waals surface area contributed by atoms with E-state index in [9.17, 15) is 33.6 Å². The topological polar surface area (TPSA) is 204 Å². The fraction of sp³-hybridized carbons (Fsp3) is 0.579. The van der Waals surface area contributed by atoms with E-state index in [2.05, 4.69) is 26.4 Å². The first-order valence-electron chi connectivity index (χ1n) is 19.1. The van der Waals surface area contributed by atoms with Crippen molar-refractivity contribution in [2.75, 3.05) is 25.0 Å². The van der Waals surface area contributed by atoms with Gasteiger partial charge in [0.2, 0.25) is 29.5 Å². The van der Waals surface area contributed by atoms with E-state index in [4.69, 9.17) is 4.74 Å². The Bertz CT molecular complexity index is 1790. The molecule has 5 heterocycles. The number of carbonyl (C=O) groups is 7. The second kappa shape index (κ2) is 16.9. The van der Waals surface area contributed by atoms with Crippen LogP contribution >= 0.6 is 0 Å². The molecular formula is C38H51N9O8. The first-order chi connectivity index (χ1) is 26.3. The van der Waals surface area contributed by atoms with Crippen molar-refractivity contribution in [3.05, 3.63) is 48.2 Å². The molecule has 8 atom stereocenters. The van der Waals surface area contributed by atoms with Gasteiger partial charge in [-0.15, -0.1) is 0 Å². The van der Waals surface area contributed by atoms with Crippen molar-refractivity contribution in [1.82, 2.24) is 40.4 Å². The van der Waals surface area contributed by atoms with Gasteiger partial charge in [-0.25, -0.2) is 9.59 Å². The van der Waals surface area contributed by atoms with Crippen molar-refractivity contribution in [3.8, 4) is 0 Å². The summed E-state index contributed by atoms with van der Waals surface area (Å²) in [5, 5.41) is 15.0. The average molecular weight is 762 g/mol. The minimum absolute atomic E-state index is 0.0514. The van der Waals surface area contributed by atoms with Crippen LogP contribution in [-0.4, -0.2) is 128 Å². The van der Waals surface area contributed by atoms with E-state index in [1.54, 1.807) is 50.5 Å². The summed E-state index contributed by atoms with van der Waals surface area (Å²) in [5.74, 6) is -3.26. The minimum atomic E-state index is -1.47. The number of ether oxygens (including phenoxy) is 1. The smallest absolute Gasteiger partial charge is 0.329 e. The van der Waals surface area contributed by atoms with Gasteiger partial charge in [0, 0.05) is 45.4 Å². The average Bonchev–Trinajstić information content (AvgIpc) is 3.92. The largest absolute Gasteiger partial charge is 0.458 e. The number of rotatable bonds is 6. The molecule has 7 amide bonds. The first-order valence-corrected chi connectivity index (χ1v) is 19.1. The lowest BCUT2D eigenvalue weighted by Gasteiger charge is -2.39. The van der Waals surface area contributed by atoms with E-state index < -0.39 is 83.9 Å². The molecule has 4 aliphatic rings. The van der Waals surface area contributed by atoms with Gasteiger partial charge in [0.05, 0.1) is 0 Å². The molecule has 4 saturated heterocycles. The lowest BCUT2D eigenvalue weighted by atomic mass is 9.99. The van der Waals surface area contributed by atoms with Gasteiger partial charge >= 0.3 is 12.0 Å². The molecule has 2 aromatic rings. The molecule has 4 fully saturated rings. The third kappa shape index (κ3) is 8.92. The summed E-state index contributed by atoms with van der Waals surface area (Å²) in [6.45, 7) is 5.71. The molecule has 1 aromatic heterocycles. The van der Waals surface area contributed by atoms with E-state index in [-0.39, 0.29) is 31.2 Å². The number of aromatic nitrogens is 2. The number of aryl methyl sites for hydroxylation is 1. The number of esters is 1. The van der Waals surface area contributed by atoms with E-state index in [0.29, 0.717) is 45.1 Å². The van der Waals surface area contributed by atoms with Gasteiger partial charge in [-0.3, -0.25) is 34.0 Å². The summed E-state index contributed by atoms with van der Waals surface area (Å²) in [6.07, 6.45) is 3.36. The molecule has 0 radical (unpaired) electrons. The first kappa shape index (κ1) is 39.2. The summed E-state index contributed by atoms with van der Waals surface area (Å²) >= 11 is 0. The van der Waals surface area contributed by atoms with Crippen LogP contribution in [0.15, 0.2) is 42.6 Å². The zero-order valence-electron chi connectivity index (χ0n) is 31.7. The van der Waals surface area contributed by atoms with Gasteiger partial charge in [-0.1, -0.05) is 37.3 Å². The zero-order valence-corrected chi connectivity index (χ0v) is 31.7. The van der Waals surface area contributed by atoms with Crippen molar-refractivity contribution in [2.24, 2.45) is 13.0 Å². The molecule has 17 nitrogen and oxygen atoms in total. The van der Waals surface area contributed by atoms with Crippen LogP contribution in [0.2, 0.25) is 0 Å². The Balaban J connectivity index is 1.32. The number of urea groups is 1. The molecule has 17 heteroatoms. The Labute approximate surface area is 319 Å². The molecule has 1 aromatic carbocycles. The molecule has 8 unspecified atom stereocenters. The molecule has 6 rings (SSSR count). The third-order valence-electron chi connectivity index (χ3n) is 10.9. The van der Waals surface area contributed by atoms with Gasteiger partial charge in [0.25, 0.3) is 0 Å². The molecule has 0 spiro atoms. The van der Waals surface area contributed by atoms with E-state index in [1.807, 2.05) is 13.0 Å². The number of amides is 7. The zero-order chi connectivity index (χ0) is 39.4. The van der Waals surface area contributed by atoms with E-state index in [0.717, 1.165) is 5.56 Å². The van der Waals surface area contributed by atoms with Crippen molar-refractivity contribution >= 4 is 47.4 Å². The number of carbonyl (C=O) groups excluding carboxylic acids is 7. The number of anilines is 1. The number of hydrogen-bond acceptors (Lipinski definition) is 9. The number of cyclic esters (lactones) is 1. The predicted octanol–water partition coefficient (Wildman–Crippen LogP) is 0.697. The van der Waals surface area contributed by atoms with Crippen molar-refractivity contribution < 1.29 is 38.3 Å². The summed E-state index contributed by atoms with van der Waals surface area (Å²) < 4.78 is 7.44. The van der Waals surface area contributed by atoms with Crippen LogP contribution in [0.25, 0.3) is 0 Å². The SMILES string of the molecule is CC1CC2C(=O)OC(C)C(NC(=O)C(Cc3ccccc3)NC(=O)Nc3ccn(C)n3)C(=O)N3CCCC3C(=O)N3CCCCC3C(=O)NC(C)C(=O)N2C1. The number of piperidine rings is 1. The molecule has 0 saturated carbocycles. The van der Waals surface area contributed by atoms with Crippen LogP contribution in [-0.2, 0) is 47.0 Å². The summed E-state index contributed by atoms with van der Waals surface area (Å²) in [5.41, 5.74) is 0.726. The lowest BCUT2D eigenvalue weighted by Crippen LogP contribution is -2.63. The highest BCUT2D eigenvalue weighted by molar-refractivity contribution is 5.98. The quantitative estimate of drug-likeness (QED) is 0.306. The highest BCUT2D eigenvalue weighted by Gasteiger charge is 2.47. The summed E-state index contributed by atoms with van der Waals surface area (Å²) in [6, 6.07) is 3.49. The van der Waals surface area contributed by atoms with Crippen molar-refractivity contribution in [2.45, 2.75) is 108 Å². The maximum absolute atomic E-state index is 14.7.